The molecule has 2 aromatic rings. The highest BCUT2D eigenvalue weighted by Crippen LogP contribution is 2.43. The predicted octanol–water partition coefficient (Wildman–Crippen LogP) is 2.96. The van der Waals surface area contributed by atoms with Crippen LogP contribution < -0.4 is 10.6 Å². The van der Waals surface area contributed by atoms with Crippen LogP contribution >= 0.6 is 7.14 Å². The SMILES string of the molecule is CCOC(=O)C(CC(CP(=O)(c1ccccc1)c1ccccc1)=NO)C(=O)OCC. The maximum absolute atomic E-state index is 14.1. The Labute approximate surface area is 176 Å². The minimum absolute atomic E-state index is 0.0529. The molecule has 0 atom stereocenters. The molecule has 2 rings (SSSR count). The summed E-state index contributed by atoms with van der Waals surface area (Å²) in [5.74, 6) is -2.84. The number of carbonyl (C=O) groups is 2. The van der Waals surface area contributed by atoms with Crippen molar-refractivity contribution in [2.24, 2.45) is 11.1 Å². The summed E-state index contributed by atoms with van der Waals surface area (Å²) in [6.07, 6.45) is -0.384. The molecule has 0 fully saturated rings. The van der Waals surface area contributed by atoms with Gasteiger partial charge < -0.3 is 19.2 Å². The van der Waals surface area contributed by atoms with Crippen LogP contribution in [0.1, 0.15) is 20.3 Å². The van der Waals surface area contributed by atoms with Crippen molar-refractivity contribution in [2.45, 2.75) is 20.3 Å². The third-order valence-corrected chi connectivity index (χ3v) is 7.55. The van der Waals surface area contributed by atoms with E-state index in [1.807, 2.05) is 12.1 Å². The second-order valence-corrected chi connectivity index (χ2v) is 9.32. The fourth-order valence-corrected chi connectivity index (χ4v) is 5.72. The molecule has 0 heterocycles. The summed E-state index contributed by atoms with van der Waals surface area (Å²) in [4.78, 5) is 24.6. The molecule has 0 unspecified atom stereocenters. The number of oxime groups is 1. The second kappa shape index (κ2) is 11.3. The Balaban J connectivity index is 2.38. The highest BCUT2D eigenvalue weighted by atomic mass is 31.2. The molecule has 0 aliphatic carbocycles. The average molecular weight is 431 g/mol. The lowest BCUT2D eigenvalue weighted by atomic mass is 10.0. The van der Waals surface area contributed by atoms with Gasteiger partial charge in [-0.25, -0.2) is 0 Å². The lowest BCUT2D eigenvalue weighted by molar-refractivity contribution is -0.161. The van der Waals surface area contributed by atoms with E-state index in [0.717, 1.165) is 0 Å². The van der Waals surface area contributed by atoms with E-state index in [9.17, 15) is 19.4 Å². The van der Waals surface area contributed by atoms with Crippen LogP contribution in [0.5, 0.6) is 0 Å². The molecule has 1 N–H and O–H groups in total. The van der Waals surface area contributed by atoms with Crippen LogP contribution in [0.4, 0.5) is 0 Å². The molecular formula is C22H26NO6P. The van der Waals surface area contributed by atoms with Gasteiger partial charge in [-0.2, -0.15) is 0 Å². The molecule has 0 aliphatic heterocycles. The van der Waals surface area contributed by atoms with E-state index in [4.69, 9.17) is 9.47 Å². The Hall–Kier alpha value is -2.92. The lowest BCUT2D eigenvalue weighted by Gasteiger charge is -2.21. The molecule has 0 spiro atoms. The molecule has 30 heavy (non-hydrogen) atoms. The Bertz CT molecular complexity index is 852. The fourth-order valence-electron chi connectivity index (χ4n) is 3.05. The van der Waals surface area contributed by atoms with Crippen molar-refractivity contribution in [1.29, 1.82) is 0 Å². The molecule has 2 aromatic carbocycles. The van der Waals surface area contributed by atoms with E-state index < -0.39 is 25.0 Å². The third kappa shape index (κ3) is 5.80. The first kappa shape index (κ1) is 23.4. The number of ether oxygens (including phenoxy) is 2. The Morgan fingerprint density at radius 3 is 1.70 bits per heavy atom. The summed E-state index contributed by atoms with van der Waals surface area (Å²) >= 11 is 0. The van der Waals surface area contributed by atoms with Gasteiger partial charge in [-0.1, -0.05) is 65.8 Å². The zero-order chi connectivity index (χ0) is 22.0. The first-order valence-corrected chi connectivity index (χ1v) is 11.6. The Kier molecular flexibility index (Phi) is 8.81. The molecule has 8 heteroatoms. The maximum Gasteiger partial charge on any atom is 0.320 e. The van der Waals surface area contributed by atoms with Crippen molar-refractivity contribution in [2.75, 3.05) is 19.4 Å². The Morgan fingerprint density at radius 1 is 0.900 bits per heavy atom. The van der Waals surface area contributed by atoms with Crippen molar-refractivity contribution in [3.63, 3.8) is 0 Å². The third-order valence-electron chi connectivity index (χ3n) is 4.48. The molecule has 7 nitrogen and oxygen atoms in total. The summed E-state index contributed by atoms with van der Waals surface area (Å²) in [5.41, 5.74) is 0.0529. The van der Waals surface area contributed by atoms with Gasteiger partial charge in [-0.3, -0.25) is 9.59 Å². The van der Waals surface area contributed by atoms with Crippen LogP contribution in [0, 0.1) is 5.92 Å². The van der Waals surface area contributed by atoms with Crippen LogP contribution in [0.3, 0.4) is 0 Å². The average Bonchev–Trinajstić information content (AvgIpc) is 2.77. The number of rotatable bonds is 10. The summed E-state index contributed by atoms with van der Waals surface area (Å²) in [7, 11) is -3.24. The maximum atomic E-state index is 14.1. The number of hydrogen-bond donors (Lipinski definition) is 1. The number of esters is 2. The molecule has 0 aliphatic rings. The molecule has 0 amide bonds. The topological polar surface area (TPSA) is 102 Å². The van der Waals surface area contributed by atoms with Gasteiger partial charge in [-0.15, -0.1) is 0 Å². The van der Waals surface area contributed by atoms with Crippen LogP contribution in [-0.4, -0.2) is 42.2 Å². The van der Waals surface area contributed by atoms with E-state index in [1.165, 1.54) is 0 Å². The highest BCUT2D eigenvalue weighted by molar-refractivity contribution is 7.79. The largest absolute Gasteiger partial charge is 0.465 e. The zero-order valence-corrected chi connectivity index (χ0v) is 18.0. The van der Waals surface area contributed by atoms with Gasteiger partial charge in [0.1, 0.15) is 7.14 Å². The van der Waals surface area contributed by atoms with Crippen molar-refractivity contribution in [1.82, 2.24) is 0 Å². The van der Waals surface area contributed by atoms with Crippen LogP contribution in [0.25, 0.3) is 0 Å². The lowest BCUT2D eigenvalue weighted by Crippen LogP contribution is -2.32. The Morgan fingerprint density at radius 2 is 1.33 bits per heavy atom. The smallest absolute Gasteiger partial charge is 0.320 e. The van der Waals surface area contributed by atoms with Gasteiger partial charge in [-0.05, 0) is 13.8 Å². The molecular weight excluding hydrogens is 405 g/mol. The summed E-state index contributed by atoms with van der Waals surface area (Å²) in [6, 6.07) is 17.7. The number of nitrogens with zero attached hydrogens (tertiary/aromatic N) is 1. The van der Waals surface area contributed by atoms with E-state index in [-0.39, 0.29) is 31.5 Å². The summed E-state index contributed by atoms with van der Waals surface area (Å²) < 4.78 is 24.1. The molecule has 160 valence electrons. The first-order chi connectivity index (χ1) is 14.5. The summed E-state index contributed by atoms with van der Waals surface area (Å²) in [6.45, 7) is 3.43. The van der Waals surface area contributed by atoms with Crippen LogP contribution in [-0.2, 0) is 23.6 Å². The normalized spacial score (nSPS) is 11.9. The van der Waals surface area contributed by atoms with Gasteiger partial charge in [0.15, 0.2) is 5.92 Å². The molecule has 0 bridgehead atoms. The van der Waals surface area contributed by atoms with E-state index >= 15 is 0 Å². The zero-order valence-electron chi connectivity index (χ0n) is 17.1. The van der Waals surface area contributed by atoms with Gasteiger partial charge in [0.2, 0.25) is 0 Å². The van der Waals surface area contributed by atoms with E-state index in [1.54, 1.807) is 62.4 Å². The van der Waals surface area contributed by atoms with Crippen molar-refractivity contribution >= 4 is 35.4 Å². The predicted molar refractivity (Wildman–Crippen MR) is 115 cm³/mol. The summed E-state index contributed by atoms with van der Waals surface area (Å²) in [5, 5.41) is 14.1. The minimum atomic E-state index is -3.24. The van der Waals surface area contributed by atoms with Gasteiger partial charge >= 0.3 is 11.9 Å². The number of hydrogen-bond acceptors (Lipinski definition) is 7. The molecule has 0 radical (unpaired) electrons. The molecule has 0 aromatic heterocycles. The van der Waals surface area contributed by atoms with Crippen molar-refractivity contribution in [3.8, 4) is 0 Å². The second-order valence-electron chi connectivity index (χ2n) is 6.50. The monoisotopic (exact) mass is 431 g/mol. The van der Waals surface area contributed by atoms with Crippen LogP contribution in [0.15, 0.2) is 65.8 Å². The van der Waals surface area contributed by atoms with Crippen molar-refractivity contribution in [3.05, 3.63) is 60.7 Å². The minimum Gasteiger partial charge on any atom is -0.465 e. The first-order valence-electron chi connectivity index (χ1n) is 9.69. The fraction of sp³-hybridized carbons (Fsp3) is 0.318. The highest BCUT2D eigenvalue weighted by Gasteiger charge is 2.35. The van der Waals surface area contributed by atoms with Gasteiger partial charge in [0.25, 0.3) is 0 Å². The van der Waals surface area contributed by atoms with Crippen LogP contribution in [0.2, 0.25) is 0 Å². The quantitative estimate of drug-likeness (QED) is 0.155. The number of benzene rings is 2. The van der Waals surface area contributed by atoms with E-state index in [2.05, 4.69) is 5.16 Å². The van der Waals surface area contributed by atoms with Gasteiger partial charge in [0.05, 0.1) is 25.1 Å². The van der Waals surface area contributed by atoms with Crippen molar-refractivity contribution < 1.29 is 28.8 Å². The standard InChI is InChI=1S/C22H26NO6P/c1-3-28-21(24)20(22(25)29-4-2)15-17(23-26)16-30(27,18-11-7-5-8-12-18)19-13-9-6-10-14-19/h5-14,20,26H,3-4,15-16H2,1-2H3. The molecule has 0 saturated carbocycles. The van der Waals surface area contributed by atoms with E-state index in [0.29, 0.717) is 10.6 Å². The van der Waals surface area contributed by atoms with Gasteiger partial charge in [0, 0.05) is 17.0 Å². The number of carbonyl (C=O) groups excluding carboxylic acids is 2. The molecule has 0 saturated heterocycles.